The van der Waals surface area contributed by atoms with E-state index >= 15 is 0 Å². The molecule has 0 fully saturated rings. The highest BCUT2D eigenvalue weighted by Gasteiger charge is 2.42. The van der Waals surface area contributed by atoms with Gasteiger partial charge in [-0.3, -0.25) is 0 Å². The molecule has 1 N–H and O–H groups in total. The molecule has 0 saturated carbocycles. The van der Waals surface area contributed by atoms with E-state index in [4.69, 9.17) is 40.1 Å². The molecule has 0 aromatic rings. The Labute approximate surface area is 76.4 Å². The molecule has 0 saturated heterocycles. The summed E-state index contributed by atoms with van der Waals surface area (Å²) in [5, 5.41) is 8.21. The van der Waals surface area contributed by atoms with Crippen molar-refractivity contribution in [3.63, 3.8) is 0 Å². The summed E-state index contributed by atoms with van der Waals surface area (Å²) in [6.07, 6.45) is 0. The summed E-state index contributed by atoms with van der Waals surface area (Å²) in [4.78, 5) is 10.1. The zero-order chi connectivity index (χ0) is 8.36. The van der Waals surface area contributed by atoms with Crippen LogP contribution in [0, 0.1) is 0 Å². The third-order valence-electron chi connectivity index (χ3n) is 0.539. The van der Waals surface area contributed by atoms with Gasteiger partial charge in [0.15, 0.2) is 0 Å². The maximum atomic E-state index is 10.1. The molecule has 0 spiro atoms. The lowest BCUT2D eigenvalue weighted by atomic mass is 10.7. The fourth-order valence-corrected chi connectivity index (χ4v) is 0.434. The third kappa shape index (κ3) is 2.30. The Kier molecular flexibility index (Phi) is 4.01. The summed E-state index contributed by atoms with van der Waals surface area (Å²) in [7, 11) is 0. The number of carbonyl (C=O) groups is 1. The Morgan fingerprint density at radius 3 is 2.10 bits per heavy atom. The Morgan fingerprint density at radius 2 is 2.00 bits per heavy atom. The number of alkyl halides is 2. The lowest BCUT2D eigenvalue weighted by molar-refractivity contribution is -0.146. The van der Waals surface area contributed by atoms with Crippen LogP contribution >= 0.6 is 46.8 Å². The average molecular weight is 229 g/mol. The van der Waals surface area contributed by atoms with Gasteiger partial charge in [0.1, 0.15) is 0 Å². The van der Waals surface area contributed by atoms with Crippen LogP contribution in [0.25, 0.3) is 0 Å². The second-order valence-corrected chi connectivity index (χ2v) is 2.89. The first-order chi connectivity index (χ1) is 4.42. The lowest BCUT2D eigenvalue weighted by Gasteiger charge is -2.18. The van der Waals surface area contributed by atoms with Crippen molar-refractivity contribution in [3.05, 3.63) is 0 Å². The first-order valence-corrected chi connectivity index (χ1v) is 3.19. The van der Waals surface area contributed by atoms with Gasteiger partial charge in [-0.15, -0.1) is 0 Å². The fraction of sp³-hybridized carbons (Fsp3) is 0.500. The molecule has 0 atom stereocenters. The molecule has 60 valence electrons. The molecule has 0 aromatic heterocycles. The highest BCUT2D eigenvalue weighted by molar-refractivity contribution is 6.58. The standard InChI is InChI=1S/C2HCl4NO3/c3-2(4,1(8)9)7(5)10-6/h(H,8,9). The summed E-state index contributed by atoms with van der Waals surface area (Å²) in [5.41, 5.74) is 0. The summed E-state index contributed by atoms with van der Waals surface area (Å²) < 4.78 is 1.37. The van der Waals surface area contributed by atoms with Crippen LogP contribution in [-0.4, -0.2) is 20.1 Å². The van der Waals surface area contributed by atoms with Gasteiger partial charge in [-0.1, -0.05) is 23.2 Å². The smallest absolute Gasteiger partial charge is 0.359 e. The fourth-order valence-electron chi connectivity index (χ4n) is 0.119. The van der Waals surface area contributed by atoms with Crippen molar-refractivity contribution in [2.24, 2.45) is 0 Å². The Bertz CT molecular complexity index is 138. The van der Waals surface area contributed by atoms with Gasteiger partial charge >= 0.3 is 10.4 Å². The minimum atomic E-state index is -2.39. The summed E-state index contributed by atoms with van der Waals surface area (Å²) in [5.74, 6) is -1.59. The number of carboxylic acid groups (broad SMARTS) is 1. The summed E-state index contributed by atoms with van der Waals surface area (Å²) in [6.45, 7) is 0. The van der Waals surface area contributed by atoms with Gasteiger partial charge in [0, 0.05) is 11.8 Å². The Morgan fingerprint density at radius 1 is 1.60 bits per heavy atom. The van der Waals surface area contributed by atoms with Crippen molar-refractivity contribution in [1.82, 2.24) is 4.58 Å². The van der Waals surface area contributed by atoms with Gasteiger partial charge in [0.25, 0.3) is 0 Å². The van der Waals surface area contributed by atoms with E-state index < -0.39 is 10.4 Å². The van der Waals surface area contributed by atoms with E-state index in [1.807, 2.05) is 0 Å². The predicted octanol–water partition coefficient (Wildman–Crippen LogP) is 1.74. The van der Waals surface area contributed by atoms with E-state index in [1.165, 1.54) is 0 Å². The van der Waals surface area contributed by atoms with Crippen LogP contribution in [0.4, 0.5) is 0 Å². The monoisotopic (exact) mass is 227 g/mol. The first kappa shape index (κ1) is 10.6. The zero-order valence-electron chi connectivity index (χ0n) is 4.22. The molecule has 0 amide bonds. The zero-order valence-corrected chi connectivity index (χ0v) is 7.25. The minimum Gasteiger partial charge on any atom is -0.478 e. The van der Waals surface area contributed by atoms with Crippen LogP contribution in [0.2, 0.25) is 0 Å². The molecule has 0 unspecified atom stereocenters. The van der Waals surface area contributed by atoms with Gasteiger partial charge in [-0.2, -0.15) is 4.39 Å². The molecule has 0 radical (unpaired) electrons. The van der Waals surface area contributed by atoms with Gasteiger partial charge in [-0.05, 0) is 4.58 Å². The molecule has 0 aliphatic heterocycles. The lowest BCUT2D eigenvalue weighted by Crippen LogP contribution is -2.38. The van der Waals surface area contributed by atoms with Crippen molar-refractivity contribution >= 4 is 52.8 Å². The average Bonchev–Trinajstić information content (AvgIpc) is 1.86. The van der Waals surface area contributed by atoms with Crippen molar-refractivity contribution in [2.45, 2.75) is 4.46 Å². The van der Waals surface area contributed by atoms with Gasteiger partial charge in [0.2, 0.25) is 0 Å². The van der Waals surface area contributed by atoms with E-state index in [2.05, 4.69) is 16.3 Å². The van der Waals surface area contributed by atoms with Crippen LogP contribution < -0.4 is 0 Å². The summed E-state index contributed by atoms with van der Waals surface area (Å²) in [6, 6.07) is 0. The second-order valence-electron chi connectivity index (χ2n) is 1.16. The van der Waals surface area contributed by atoms with E-state index in [0.717, 1.165) is 0 Å². The van der Waals surface area contributed by atoms with Gasteiger partial charge in [0.05, 0.1) is 11.9 Å². The van der Waals surface area contributed by atoms with Gasteiger partial charge in [-0.25, -0.2) is 4.79 Å². The topological polar surface area (TPSA) is 49.8 Å². The number of hydrogen-bond donors (Lipinski definition) is 1. The van der Waals surface area contributed by atoms with Crippen molar-refractivity contribution < 1.29 is 14.3 Å². The van der Waals surface area contributed by atoms with Crippen molar-refractivity contribution in [1.29, 1.82) is 0 Å². The number of nitrogens with zero attached hydrogens (tertiary/aromatic N) is 1. The first-order valence-electron chi connectivity index (χ1n) is 1.79. The molecular weight excluding hydrogens is 228 g/mol. The SMILES string of the molecule is O=C(O)C(Cl)(Cl)N(Cl)OCl. The molecule has 8 heteroatoms. The molecular formula is C2HCl4NO3. The van der Waals surface area contributed by atoms with Crippen molar-refractivity contribution in [3.8, 4) is 0 Å². The molecule has 0 rings (SSSR count). The quantitative estimate of drug-likeness (QED) is 0.346. The largest absolute Gasteiger partial charge is 0.478 e. The van der Waals surface area contributed by atoms with E-state index in [9.17, 15) is 4.79 Å². The highest BCUT2D eigenvalue weighted by Crippen LogP contribution is 2.29. The van der Waals surface area contributed by atoms with Crippen molar-refractivity contribution in [2.75, 3.05) is 0 Å². The molecule has 0 bridgehead atoms. The highest BCUT2D eigenvalue weighted by atomic mass is 35.5. The normalized spacial score (nSPS) is 12.1. The number of rotatable bonds is 3. The van der Waals surface area contributed by atoms with Crippen LogP contribution in [0.15, 0.2) is 0 Å². The number of halogens is 4. The van der Waals surface area contributed by atoms with E-state index in [1.54, 1.807) is 0 Å². The molecule has 0 aliphatic rings. The van der Waals surface area contributed by atoms with Crippen LogP contribution in [0.1, 0.15) is 0 Å². The van der Waals surface area contributed by atoms with E-state index in [0.29, 0.717) is 0 Å². The number of carboxylic acids is 1. The minimum absolute atomic E-state index is 0.0556. The molecule has 0 heterocycles. The predicted molar refractivity (Wildman–Crippen MR) is 36.7 cm³/mol. The number of aliphatic carboxylic acids is 1. The number of hydrogen-bond acceptors (Lipinski definition) is 3. The van der Waals surface area contributed by atoms with E-state index in [-0.39, 0.29) is 4.58 Å². The van der Waals surface area contributed by atoms with Crippen LogP contribution in [0.3, 0.4) is 0 Å². The molecule has 4 nitrogen and oxygen atoms in total. The van der Waals surface area contributed by atoms with Gasteiger partial charge < -0.3 is 5.11 Å². The maximum absolute atomic E-state index is 10.1. The Hall–Kier alpha value is 0.550. The molecule has 10 heavy (non-hydrogen) atoms. The van der Waals surface area contributed by atoms with Crippen LogP contribution in [0.5, 0.6) is 0 Å². The Balaban J connectivity index is 4.23. The second kappa shape index (κ2) is 3.80. The molecule has 0 aliphatic carbocycles. The summed E-state index contributed by atoms with van der Waals surface area (Å²) >= 11 is 19.8. The molecule has 0 aromatic carbocycles. The number of hydroxylamine groups is 1. The maximum Gasteiger partial charge on any atom is 0.359 e. The van der Waals surface area contributed by atoms with Crippen LogP contribution in [-0.2, 0) is 9.18 Å². The third-order valence-corrected chi connectivity index (χ3v) is 1.87.